The number of thiol groups is 1. The molecule has 1 N–H and O–H groups in total. The van der Waals surface area contributed by atoms with Crippen molar-refractivity contribution in [3.63, 3.8) is 0 Å². The molecule has 0 aromatic heterocycles. The third-order valence-corrected chi connectivity index (χ3v) is 2.76. The van der Waals surface area contributed by atoms with Gasteiger partial charge in [0.15, 0.2) is 0 Å². The van der Waals surface area contributed by atoms with Crippen molar-refractivity contribution in [2.75, 3.05) is 0 Å². The fourth-order valence-corrected chi connectivity index (χ4v) is 1.42. The zero-order valence-corrected chi connectivity index (χ0v) is 10.8. The van der Waals surface area contributed by atoms with Crippen molar-refractivity contribution in [3.8, 4) is 0 Å². The molecule has 1 aliphatic carbocycles. The molecule has 2 heteroatoms. The molecule has 2 unspecified atom stereocenters. The molecule has 0 bridgehead atoms. The molecule has 0 aromatic rings. The number of aliphatic hydroxyl groups is 1. The lowest BCUT2D eigenvalue weighted by atomic mass is 9.90. The van der Waals surface area contributed by atoms with Crippen molar-refractivity contribution in [1.29, 1.82) is 0 Å². The first-order valence-electron chi connectivity index (χ1n) is 5.18. The minimum atomic E-state index is -0.896. The van der Waals surface area contributed by atoms with Crippen molar-refractivity contribution in [3.05, 3.63) is 36.5 Å². The molecule has 84 valence electrons. The maximum absolute atomic E-state index is 10.0. The Kier molecular flexibility index (Phi) is 3.22. The molecule has 0 aromatic carbocycles. The molecule has 0 aliphatic heterocycles. The molecule has 0 fully saturated rings. The van der Waals surface area contributed by atoms with Crippen LogP contribution in [-0.4, -0.2) is 15.5 Å². The number of hydrogen-bond acceptors (Lipinski definition) is 2. The van der Waals surface area contributed by atoms with Crippen LogP contribution in [0.5, 0.6) is 0 Å². The van der Waals surface area contributed by atoms with Crippen molar-refractivity contribution in [2.45, 2.75) is 38.0 Å². The maximum atomic E-state index is 10.0. The highest BCUT2D eigenvalue weighted by Crippen LogP contribution is 2.28. The van der Waals surface area contributed by atoms with E-state index in [1.54, 1.807) is 13.0 Å². The Bertz CT molecular complexity index is 243. The highest BCUT2D eigenvalue weighted by atomic mass is 32.1. The average Bonchev–Trinajstić information content (AvgIpc) is 2.12. The zero-order chi connectivity index (χ0) is 11.7. The molecule has 1 aliphatic rings. The van der Waals surface area contributed by atoms with Crippen LogP contribution in [0.25, 0.3) is 0 Å². The van der Waals surface area contributed by atoms with E-state index in [2.05, 4.69) is 38.6 Å². The molecular weight excluding hydrogens is 204 g/mol. The molecule has 0 saturated carbocycles. The third-order valence-electron chi connectivity index (χ3n) is 2.46. The molecule has 0 heterocycles. The summed E-state index contributed by atoms with van der Waals surface area (Å²) in [6.07, 6.45) is 11.7. The molecule has 2 atom stereocenters. The second-order valence-electron chi connectivity index (χ2n) is 5.27. The molecule has 0 radical (unpaired) electrons. The Labute approximate surface area is 98.0 Å². The van der Waals surface area contributed by atoms with Gasteiger partial charge in [-0.05, 0) is 13.8 Å². The first-order chi connectivity index (χ1) is 6.62. The second kappa shape index (κ2) is 3.84. The summed E-state index contributed by atoms with van der Waals surface area (Å²) in [5.41, 5.74) is -0.951. The summed E-state index contributed by atoms with van der Waals surface area (Å²) in [5.74, 6) is 0. The molecule has 1 rings (SSSR count). The van der Waals surface area contributed by atoms with Crippen LogP contribution in [0.1, 0.15) is 27.7 Å². The van der Waals surface area contributed by atoms with Gasteiger partial charge in [-0.2, -0.15) is 12.6 Å². The molecule has 0 amide bonds. The summed E-state index contributed by atoms with van der Waals surface area (Å²) in [7, 11) is 0. The Morgan fingerprint density at radius 1 is 0.800 bits per heavy atom. The van der Waals surface area contributed by atoms with Gasteiger partial charge in [0, 0.05) is 10.2 Å². The Hall–Kier alpha value is -0.470. The van der Waals surface area contributed by atoms with Gasteiger partial charge in [0.25, 0.3) is 0 Å². The van der Waals surface area contributed by atoms with E-state index in [0.29, 0.717) is 0 Å². The summed E-state index contributed by atoms with van der Waals surface area (Å²) < 4.78 is -0.312. The topological polar surface area (TPSA) is 20.2 Å². The van der Waals surface area contributed by atoms with Crippen LogP contribution in [0, 0.1) is 5.41 Å². The summed E-state index contributed by atoms with van der Waals surface area (Å²) in [5, 5.41) is 10.0. The molecule has 1 nitrogen and oxygen atoms in total. The van der Waals surface area contributed by atoms with Gasteiger partial charge in [0.1, 0.15) is 0 Å². The standard InChI is InChI=1S/C13H20OS/c1-11(2)5-7-12(3,14)8-10-13(4,15)9-6-11/h5-10,14-15H,1-4H3/b7-5-,9-6-,10-8-. The van der Waals surface area contributed by atoms with E-state index in [0.717, 1.165) is 0 Å². The van der Waals surface area contributed by atoms with Crippen LogP contribution in [-0.2, 0) is 0 Å². The van der Waals surface area contributed by atoms with Crippen molar-refractivity contribution >= 4 is 12.6 Å². The van der Waals surface area contributed by atoms with Gasteiger partial charge < -0.3 is 5.11 Å². The molecule has 15 heavy (non-hydrogen) atoms. The van der Waals surface area contributed by atoms with Crippen LogP contribution >= 0.6 is 12.6 Å². The van der Waals surface area contributed by atoms with E-state index in [4.69, 9.17) is 0 Å². The van der Waals surface area contributed by atoms with Crippen molar-refractivity contribution < 1.29 is 5.11 Å². The number of hydrogen-bond donors (Lipinski definition) is 2. The predicted octanol–water partition coefficient (Wildman–Crippen LogP) is 3.13. The van der Waals surface area contributed by atoms with Gasteiger partial charge in [-0.1, -0.05) is 50.3 Å². The molecule has 0 saturated heterocycles. The highest BCUT2D eigenvalue weighted by Gasteiger charge is 2.21. The van der Waals surface area contributed by atoms with E-state index in [1.165, 1.54) is 0 Å². The average molecular weight is 224 g/mol. The fraction of sp³-hybridized carbons (Fsp3) is 0.538. The first kappa shape index (κ1) is 12.6. The number of allylic oxidation sites excluding steroid dienone is 2. The van der Waals surface area contributed by atoms with Gasteiger partial charge in [0.2, 0.25) is 0 Å². The summed E-state index contributed by atoms with van der Waals surface area (Å²) >= 11 is 4.53. The van der Waals surface area contributed by atoms with Gasteiger partial charge in [-0.15, -0.1) is 0 Å². The van der Waals surface area contributed by atoms with Crippen LogP contribution in [0.2, 0.25) is 0 Å². The van der Waals surface area contributed by atoms with Gasteiger partial charge in [-0.3, -0.25) is 0 Å². The van der Waals surface area contributed by atoms with Gasteiger partial charge in [0.05, 0.1) is 5.60 Å². The monoisotopic (exact) mass is 224 g/mol. The first-order valence-corrected chi connectivity index (χ1v) is 5.63. The third kappa shape index (κ3) is 4.27. The van der Waals surface area contributed by atoms with Crippen molar-refractivity contribution in [1.82, 2.24) is 0 Å². The number of rotatable bonds is 0. The summed E-state index contributed by atoms with van der Waals surface area (Å²) in [6.45, 7) is 7.97. The molecule has 0 spiro atoms. The predicted molar refractivity (Wildman–Crippen MR) is 69.2 cm³/mol. The lowest BCUT2D eigenvalue weighted by Crippen LogP contribution is -2.19. The zero-order valence-electron chi connectivity index (χ0n) is 9.86. The lowest BCUT2D eigenvalue weighted by molar-refractivity contribution is 0.162. The molecular formula is C13H20OS. The van der Waals surface area contributed by atoms with E-state index >= 15 is 0 Å². The maximum Gasteiger partial charge on any atom is 0.0981 e. The fourth-order valence-electron chi connectivity index (χ4n) is 1.27. The lowest BCUT2D eigenvalue weighted by Gasteiger charge is -2.18. The smallest absolute Gasteiger partial charge is 0.0981 e. The van der Waals surface area contributed by atoms with Gasteiger partial charge in [-0.25, -0.2) is 0 Å². The van der Waals surface area contributed by atoms with Crippen LogP contribution in [0.15, 0.2) is 36.5 Å². The SMILES string of the molecule is CC1(C)/C=C\C(C)(O)/C=C\C(C)(S)/C=C\1. The largest absolute Gasteiger partial charge is 0.382 e. The van der Waals surface area contributed by atoms with Crippen LogP contribution in [0.3, 0.4) is 0 Å². The van der Waals surface area contributed by atoms with E-state index < -0.39 is 5.60 Å². The summed E-state index contributed by atoms with van der Waals surface area (Å²) in [6, 6.07) is 0. The van der Waals surface area contributed by atoms with Crippen LogP contribution < -0.4 is 0 Å². The van der Waals surface area contributed by atoms with E-state index in [1.807, 2.05) is 25.2 Å². The highest BCUT2D eigenvalue weighted by molar-refractivity contribution is 7.82. The Morgan fingerprint density at radius 2 is 1.20 bits per heavy atom. The van der Waals surface area contributed by atoms with Crippen LogP contribution in [0.4, 0.5) is 0 Å². The Morgan fingerprint density at radius 3 is 1.80 bits per heavy atom. The summed E-state index contributed by atoms with van der Waals surface area (Å²) in [4.78, 5) is 0. The normalized spacial score (nSPS) is 46.0. The van der Waals surface area contributed by atoms with E-state index in [-0.39, 0.29) is 10.2 Å². The quantitative estimate of drug-likeness (QED) is 0.478. The van der Waals surface area contributed by atoms with Crippen molar-refractivity contribution in [2.24, 2.45) is 5.41 Å². The Balaban J connectivity index is 3.14. The second-order valence-corrected chi connectivity index (χ2v) is 6.24. The van der Waals surface area contributed by atoms with E-state index in [9.17, 15) is 5.11 Å². The minimum Gasteiger partial charge on any atom is -0.382 e. The van der Waals surface area contributed by atoms with Gasteiger partial charge >= 0.3 is 0 Å². The minimum absolute atomic E-state index is 0.0556.